The predicted octanol–water partition coefficient (Wildman–Crippen LogP) is 7.85. The van der Waals surface area contributed by atoms with Crippen LogP contribution in [-0.4, -0.2) is 312 Å². The van der Waals surface area contributed by atoms with Crippen LogP contribution < -0.4 is 52.0 Å². The molecule has 0 saturated carbocycles. The fourth-order valence-corrected chi connectivity index (χ4v) is 15.2. The number of urea groups is 1. The molecule has 129 heavy (non-hydrogen) atoms. The molecule has 720 valence electrons. The summed E-state index contributed by atoms with van der Waals surface area (Å²) in [6, 6.07) is 17.9. The number of piperidine rings is 1. The Labute approximate surface area is 779 Å². The van der Waals surface area contributed by atoms with Gasteiger partial charge in [-0.3, -0.25) is 44.6 Å². The molecule has 39 heteroatoms. The normalized spacial score (nSPS) is 16.6. The summed E-state index contributed by atoms with van der Waals surface area (Å²) in [4.78, 5) is 144. The number of nitrogens with zero attached hydrogens (tertiary/aromatic N) is 5. The highest BCUT2D eigenvalue weighted by molar-refractivity contribution is 8.01. The Balaban J connectivity index is 0.00000166. The van der Waals surface area contributed by atoms with Crippen molar-refractivity contribution in [2.45, 2.75) is 189 Å². The highest BCUT2D eigenvalue weighted by Gasteiger charge is 2.44. The summed E-state index contributed by atoms with van der Waals surface area (Å²) < 4.78 is 67.2. The van der Waals surface area contributed by atoms with Gasteiger partial charge < -0.3 is 103 Å². The van der Waals surface area contributed by atoms with Crippen LogP contribution in [0.3, 0.4) is 0 Å². The van der Waals surface area contributed by atoms with Crippen LogP contribution in [0.5, 0.6) is 11.5 Å². The van der Waals surface area contributed by atoms with Crippen LogP contribution in [0.25, 0.3) is 0 Å². The fourth-order valence-electron chi connectivity index (χ4n) is 12.9. The second kappa shape index (κ2) is 58.7. The van der Waals surface area contributed by atoms with E-state index in [-0.39, 0.29) is 128 Å². The molecule has 35 nitrogen and oxygen atoms in total. The largest absolute Gasteiger partial charge is 0.458 e. The number of esters is 2. The number of carbonyl (C=O) groups is 10. The summed E-state index contributed by atoms with van der Waals surface area (Å²) >= 11 is 11.3. The van der Waals surface area contributed by atoms with E-state index >= 15 is 0 Å². The number of hydrogen-bond donors (Lipinski definition) is 10. The molecule has 0 radical (unpaired) electrons. The third-order valence-electron chi connectivity index (χ3n) is 19.8. The maximum Gasteiger partial charge on any atom is 0.415 e. The van der Waals surface area contributed by atoms with Crippen LogP contribution in [0, 0.1) is 11.3 Å². The topological polar surface area (TPSA) is 413 Å². The molecular formula is C90H139N13O22S4. The molecule has 2 aromatic heterocycles. The van der Waals surface area contributed by atoms with Crippen molar-refractivity contribution >= 4 is 108 Å². The molecule has 4 atom stereocenters. The summed E-state index contributed by atoms with van der Waals surface area (Å²) in [5.41, 5.74) is -0.251. The highest BCUT2D eigenvalue weighted by atomic mass is 32.2. The van der Waals surface area contributed by atoms with E-state index in [1.54, 1.807) is 148 Å². The van der Waals surface area contributed by atoms with Gasteiger partial charge in [0.2, 0.25) is 29.5 Å². The number of aromatic nitrogens is 2. The van der Waals surface area contributed by atoms with Gasteiger partial charge in [-0.05, 0) is 155 Å². The molecule has 2 aromatic carbocycles. The van der Waals surface area contributed by atoms with Crippen LogP contribution in [0.15, 0.2) is 107 Å². The van der Waals surface area contributed by atoms with Crippen LogP contribution in [-0.2, 0) is 93.8 Å². The van der Waals surface area contributed by atoms with E-state index in [0.717, 1.165) is 20.9 Å². The average molecular weight is 1880 g/mol. The van der Waals surface area contributed by atoms with Gasteiger partial charge in [-0.2, -0.15) is 0 Å². The zero-order chi connectivity index (χ0) is 94.1. The van der Waals surface area contributed by atoms with E-state index in [1.807, 2.05) is 52.0 Å². The van der Waals surface area contributed by atoms with Crippen molar-refractivity contribution in [1.82, 2.24) is 67.2 Å². The number of thiol groups is 2. The Kier molecular flexibility index (Phi) is 49.8. The number of piperazine rings is 1. The molecule has 6 heterocycles. The van der Waals surface area contributed by atoms with Crippen LogP contribution in [0.1, 0.15) is 133 Å². The van der Waals surface area contributed by atoms with E-state index in [2.05, 4.69) is 91.6 Å². The standard InChI is InChI=1S/C80H129N11O22S2.2C5H5NS/c1-76(2,3)112-71(97)62(87-69(95)66-79(9,10)114-55-85-66)51-57-15-19-60(20-16-57)110-74(100)90-31-23-59(24-32-90)68(94)83-29-41-106-45-43-104-39-25-64(92)81-27-13-37-102-47-49-108-53-78(7,8)54-109-50-48-103-38-14-28-82-65(93)26-40-105-44-46-107-42-30-84-73(99)89-33-35-91(36-34-89)75(101)111-61-21-17-58(18-22-61)52-63(72(98)113-77(4,5)6)88-70(96)67-80(11,12)115-56-86-67;2*7-5-2-1-3-6-4-5/h15-22,59,62-63,66-67,85-86H,13-14,23-56H2,1-12H3,(H,81,92)(H,82,93)(H,83,94)(H,84,99)(H,87,95)(H,88,96);2*1-4,7H/t62-,63-,66+,67+;;/m0../s1. The maximum atomic E-state index is 13.3. The number of benzene rings is 2. The Morgan fingerprint density at radius 1 is 0.450 bits per heavy atom. The van der Waals surface area contributed by atoms with E-state index in [0.29, 0.717) is 174 Å². The van der Waals surface area contributed by atoms with E-state index in [9.17, 15) is 47.9 Å². The molecule has 4 aromatic rings. The van der Waals surface area contributed by atoms with Crippen LogP contribution in [0.4, 0.5) is 14.4 Å². The molecule has 0 spiro atoms. The number of thioether (sulfide) groups is 2. The Bertz CT molecular complexity index is 3740. The van der Waals surface area contributed by atoms with Gasteiger partial charge in [-0.25, -0.2) is 24.0 Å². The molecule has 8 rings (SSSR count). The number of amides is 9. The van der Waals surface area contributed by atoms with Crippen molar-refractivity contribution in [2.75, 3.05) is 183 Å². The lowest BCUT2D eigenvalue weighted by molar-refractivity contribution is -0.159. The van der Waals surface area contributed by atoms with Crippen molar-refractivity contribution in [1.29, 1.82) is 0 Å². The number of nitrogens with one attached hydrogen (secondary N) is 8. The third-order valence-corrected chi connectivity index (χ3v) is 22.9. The van der Waals surface area contributed by atoms with Crippen molar-refractivity contribution in [2.24, 2.45) is 11.3 Å². The second-order valence-corrected chi connectivity index (χ2v) is 39.0. The van der Waals surface area contributed by atoms with Crippen molar-refractivity contribution < 1.29 is 105 Å². The van der Waals surface area contributed by atoms with Gasteiger partial charge >= 0.3 is 30.2 Å². The fraction of sp³-hybridized carbons (Fsp3) is 0.644. The molecule has 4 aliphatic rings. The monoisotopic (exact) mass is 1880 g/mol. The van der Waals surface area contributed by atoms with Gasteiger partial charge in [-0.15, -0.1) is 48.8 Å². The zero-order valence-electron chi connectivity index (χ0n) is 77.0. The van der Waals surface area contributed by atoms with Gasteiger partial charge in [0, 0.05) is 172 Å². The van der Waals surface area contributed by atoms with Crippen molar-refractivity contribution in [3.8, 4) is 11.5 Å². The maximum absolute atomic E-state index is 13.3. The average Bonchev–Trinajstić information content (AvgIpc) is 1.72. The van der Waals surface area contributed by atoms with E-state index in [4.69, 9.17) is 56.8 Å². The van der Waals surface area contributed by atoms with E-state index in [1.165, 1.54) is 4.90 Å². The quantitative estimate of drug-likeness (QED) is 0.0114. The highest BCUT2D eigenvalue weighted by Crippen LogP contribution is 2.35. The van der Waals surface area contributed by atoms with Crippen LogP contribution >= 0.6 is 48.8 Å². The lowest BCUT2D eigenvalue weighted by atomic mass is 9.96. The molecule has 8 N–H and O–H groups in total. The molecular weight excluding hydrogens is 1740 g/mol. The number of hydrogen-bond acceptors (Lipinski definition) is 30. The van der Waals surface area contributed by atoms with E-state index < -0.39 is 59.5 Å². The van der Waals surface area contributed by atoms with Crippen molar-refractivity contribution in [3.05, 3.63) is 109 Å². The number of rotatable bonds is 49. The Morgan fingerprint density at radius 2 is 0.822 bits per heavy atom. The first kappa shape index (κ1) is 110. The summed E-state index contributed by atoms with van der Waals surface area (Å²) in [6.45, 7) is 31.9. The number of ether oxygens (including phenoxy) is 12. The number of carbonyl (C=O) groups excluding carboxylic acids is 10. The SMILES string of the molecule is CC(C)(COCCOCCCNC(=O)CCOCCOCCNC(=O)C1CCN(C(=O)Oc2ccc(C[C@H](NC(=O)[C@H]3NCSC3(C)C)C(=O)OC(C)(C)C)cc2)CC1)COCCOCCCNC(=O)CCOCCOCCNC(=O)N1CCN(C(=O)Oc2ccc(C[C@H](NC(=O)[C@H]3NCSC3(C)C)C(=O)OC(C)(C)C)cc2)CC1.Sc1cccnc1.Sc1cccnc1. The smallest absolute Gasteiger partial charge is 0.415 e. The molecule has 0 bridgehead atoms. The molecule has 0 aliphatic carbocycles. The third kappa shape index (κ3) is 46.2. The first-order chi connectivity index (χ1) is 61.4. The van der Waals surface area contributed by atoms with Gasteiger partial charge in [0.25, 0.3) is 0 Å². The number of likely N-dealkylation sites (tertiary alicyclic amines) is 1. The van der Waals surface area contributed by atoms with Gasteiger partial charge in [0.15, 0.2) is 0 Å². The first-order valence-corrected chi connectivity index (χ1v) is 46.9. The van der Waals surface area contributed by atoms with Gasteiger partial charge in [-0.1, -0.05) is 38.1 Å². The molecule has 4 aliphatic heterocycles. The van der Waals surface area contributed by atoms with Crippen LogP contribution in [0.2, 0.25) is 0 Å². The Hall–Kier alpha value is -8.16. The minimum absolute atomic E-state index is 0.104. The second-order valence-electron chi connectivity index (χ2n) is 34.7. The van der Waals surface area contributed by atoms with Crippen molar-refractivity contribution in [3.63, 3.8) is 0 Å². The Morgan fingerprint density at radius 3 is 1.19 bits per heavy atom. The lowest BCUT2D eigenvalue weighted by Crippen LogP contribution is -2.55. The molecule has 4 fully saturated rings. The molecule has 0 unspecified atom stereocenters. The van der Waals surface area contributed by atoms with Gasteiger partial charge in [0.05, 0.1) is 92.5 Å². The molecule has 4 saturated heterocycles. The predicted molar refractivity (Wildman–Crippen MR) is 496 cm³/mol. The zero-order valence-corrected chi connectivity index (χ0v) is 80.4. The minimum atomic E-state index is -0.933. The molecule has 9 amide bonds. The summed E-state index contributed by atoms with van der Waals surface area (Å²) in [7, 11) is 0. The van der Waals surface area contributed by atoms with Gasteiger partial charge in [0.1, 0.15) is 46.9 Å². The number of pyridine rings is 2. The summed E-state index contributed by atoms with van der Waals surface area (Å²) in [5, 5.41) is 23.7. The summed E-state index contributed by atoms with van der Waals surface area (Å²) in [5.74, 6) is -0.367. The minimum Gasteiger partial charge on any atom is -0.458 e. The summed E-state index contributed by atoms with van der Waals surface area (Å²) in [6.07, 6.45) is 8.79. The lowest BCUT2D eigenvalue weighted by Gasteiger charge is -2.34. The first-order valence-electron chi connectivity index (χ1n) is 44.0.